The van der Waals surface area contributed by atoms with Crippen molar-refractivity contribution in [2.75, 3.05) is 6.79 Å². The highest BCUT2D eigenvalue weighted by atomic mass is 19.1. The van der Waals surface area contributed by atoms with Gasteiger partial charge < -0.3 is 14.6 Å². The number of fused-ring (bicyclic) bond motifs is 1. The molecule has 0 spiro atoms. The third-order valence-corrected chi connectivity index (χ3v) is 3.40. The zero-order chi connectivity index (χ0) is 13.9. The van der Waals surface area contributed by atoms with Crippen LogP contribution >= 0.6 is 0 Å². The molecule has 1 atom stereocenters. The van der Waals surface area contributed by atoms with E-state index in [0.717, 1.165) is 11.1 Å². The van der Waals surface area contributed by atoms with Gasteiger partial charge in [0.25, 0.3) is 0 Å². The highest BCUT2D eigenvalue weighted by molar-refractivity contribution is 5.45. The summed E-state index contributed by atoms with van der Waals surface area (Å²) in [6.45, 7) is 0.227. The molecule has 3 nitrogen and oxygen atoms in total. The molecule has 0 aliphatic carbocycles. The number of hydrogen-bond acceptors (Lipinski definition) is 3. The molecule has 2 aromatic rings. The average molecular weight is 274 g/mol. The van der Waals surface area contributed by atoms with E-state index in [1.165, 1.54) is 12.1 Å². The number of aliphatic hydroxyl groups is 1. The smallest absolute Gasteiger partial charge is 0.231 e. The first kappa shape index (κ1) is 12.9. The van der Waals surface area contributed by atoms with E-state index in [1.807, 2.05) is 6.07 Å². The molecule has 0 amide bonds. The molecule has 1 aliphatic heterocycles. The number of halogens is 1. The van der Waals surface area contributed by atoms with Gasteiger partial charge in [0.1, 0.15) is 5.82 Å². The third kappa shape index (κ3) is 2.75. The molecule has 104 valence electrons. The van der Waals surface area contributed by atoms with E-state index in [-0.39, 0.29) is 12.6 Å². The summed E-state index contributed by atoms with van der Waals surface area (Å²) in [5, 5.41) is 10.2. The lowest BCUT2D eigenvalue weighted by Gasteiger charge is -2.11. The molecule has 0 fully saturated rings. The summed E-state index contributed by atoms with van der Waals surface area (Å²) in [7, 11) is 0. The van der Waals surface area contributed by atoms with Crippen LogP contribution < -0.4 is 9.47 Å². The largest absolute Gasteiger partial charge is 0.454 e. The summed E-state index contributed by atoms with van der Waals surface area (Å²) in [5.41, 5.74) is 1.81. The van der Waals surface area contributed by atoms with Gasteiger partial charge in [0.05, 0.1) is 6.10 Å². The Balaban J connectivity index is 1.64. The van der Waals surface area contributed by atoms with Crippen LogP contribution in [0.15, 0.2) is 42.5 Å². The maximum Gasteiger partial charge on any atom is 0.231 e. The summed E-state index contributed by atoms with van der Waals surface area (Å²) >= 11 is 0. The molecule has 0 radical (unpaired) electrons. The summed E-state index contributed by atoms with van der Waals surface area (Å²) in [5.74, 6) is 1.13. The fourth-order valence-electron chi connectivity index (χ4n) is 2.24. The lowest BCUT2D eigenvalue weighted by atomic mass is 10.0. The standard InChI is InChI=1S/C16H15FO3/c17-13-5-1-11(2-6-13)3-7-14(18)12-4-8-15-16(9-12)20-10-19-15/h1-2,4-6,8-9,14,18H,3,7,10H2. The van der Waals surface area contributed by atoms with Gasteiger partial charge in [0.15, 0.2) is 11.5 Å². The summed E-state index contributed by atoms with van der Waals surface area (Å²) in [6, 6.07) is 11.8. The molecular weight excluding hydrogens is 259 g/mol. The van der Waals surface area contributed by atoms with Gasteiger partial charge in [0.2, 0.25) is 6.79 Å². The third-order valence-electron chi connectivity index (χ3n) is 3.40. The van der Waals surface area contributed by atoms with Crippen molar-refractivity contribution < 1.29 is 19.0 Å². The van der Waals surface area contributed by atoms with E-state index in [2.05, 4.69) is 0 Å². The van der Waals surface area contributed by atoms with Gasteiger partial charge >= 0.3 is 0 Å². The Kier molecular flexibility index (Phi) is 3.56. The van der Waals surface area contributed by atoms with Crippen LogP contribution in [0.25, 0.3) is 0 Å². The Morgan fingerprint density at radius 2 is 1.80 bits per heavy atom. The minimum atomic E-state index is -0.574. The van der Waals surface area contributed by atoms with E-state index in [0.29, 0.717) is 24.3 Å². The van der Waals surface area contributed by atoms with E-state index in [1.54, 1.807) is 24.3 Å². The van der Waals surface area contributed by atoms with Crippen molar-refractivity contribution in [2.24, 2.45) is 0 Å². The van der Waals surface area contributed by atoms with Gasteiger partial charge in [-0.1, -0.05) is 18.2 Å². The monoisotopic (exact) mass is 274 g/mol. The second kappa shape index (κ2) is 5.51. The fraction of sp³-hybridized carbons (Fsp3) is 0.250. The molecule has 0 bridgehead atoms. The number of ether oxygens (including phenoxy) is 2. The molecule has 2 aromatic carbocycles. The molecule has 0 aromatic heterocycles. The molecule has 0 saturated carbocycles. The molecular formula is C16H15FO3. The van der Waals surface area contributed by atoms with E-state index in [9.17, 15) is 9.50 Å². The van der Waals surface area contributed by atoms with Crippen LogP contribution in [-0.4, -0.2) is 11.9 Å². The second-order valence-corrected chi connectivity index (χ2v) is 4.79. The molecule has 1 heterocycles. The molecule has 4 heteroatoms. The van der Waals surface area contributed by atoms with Crippen molar-refractivity contribution in [3.63, 3.8) is 0 Å². The Bertz CT molecular complexity index is 595. The molecule has 1 N–H and O–H groups in total. The Hall–Kier alpha value is -2.07. The zero-order valence-electron chi connectivity index (χ0n) is 10.9. The Morgan fingerprint density at radius 3 is 2.60 bits per heavy atom. The molecule has 0 saturated heterocycles. The highest BCUT2D eigenvalue weighted by Crippen LogP contribution is 2.34. The van der Waals surface area contributed by atoms with Crippen molar-refractivity contribution in [3.05, 3.63) is 59.4 Å². The predicted molar refractivity (Wildman–Crippen MR) is 72.2 cm³/mol. The molecule has 1 unspecified atom stereocenters. The summed E-state index contributed by atoms with van der Waals surface area (Å²) < 4.78 is 23.3. The molecule has 1 aliphatic rings. The second-order valence-electron chi connectivity index (χ2n) is 4.79. The van der Waals surface area contributed by atoms with E-state index in [4.69, 9.17) is 9.47 Å². The van der Waals surface area contributed by atoms with Crippen LogP contribution in [0.4, 0.5) is 4.39 Å². The van der Waals surface area contributed by atoms with E-state index < -0.39 is 6.10 Å². The average Bonchev–Trinajstić information content (AvgIpc) is 2.93. The minimum Gasteiger partial charge on any atom is -0.454 e. The van der Waals surface area contributed by atoms with Crippen LogP contribution in [0.2, 0.25) is 0 Å². The first-order chi connectivity index (χ1) is 9.72. The van der Waals surface area contributed by atoms with Crippen molar-refractivity contribution >= 4 is 0 Å². The van der Waals surface area contributed by atoms with Crippen LogP contribution in [0, 0.1) is 5.82 Å². The zero-order valence-corrected chi connectivity index (χ0v) is 10.9. The lowest BCUT2D eigenvalue weighted by molar-refractivity contribution is 0.165. The van der Waals surface area contributed by atoms with Crippen LogP contribution in [0.1, 0.15) is 23.7 Å². The first-order valence-corrected chi connectivity index (χ1v) is 6.54. The topological polar surface area (TPSA) is 38.7 Å². The molecule has 3 rings (SSSR count). The summed E-state index contributed by atoms with van der Waals surface area (Å²) in [6.07, 6.45) is 0.691. The number of aliphatic hydroxyl groups excluding tert-OH is 1. The number of rotatable bonds is 4. The first-order valence-electron chi connectivity index (χ1n) is 6.54. The maximum absolute atomic E-state index is 12.8. The number of hydrogen-bond donors (Lipinski definition) is 1. The maximum atomic E-state index is 12.8. The molecule has 20 heavy (non-hydrogen) atoms. The van der Waals surface area contributed by atoms with Gasteiger partial charge in [0, 0.05) is 0 Å². The number of benzene rings is 2. The van der Waals surface area contributed by atoms with E-state index >= 15 is 0 Å². The fourth-order valence-corrected chi connectivity index (χ4v) is 2.24. The van der Waals surface area contributed by atoms with Crippen molar-refractivity contribution in [1.82, 2.24) is 0 Å². The SMILES string of the molecule is OC(CCc1ccc(F)cc1)c1ccc2c(c1)OCO2. The van der Waals surface area contributed by atoms with Crippen LogP contribution in [0.3, 0.4) is 0 Å². The van der Waals surface area contributed by atoms with Crippen molar-refractivity contribution in [2.45, 2.75) is 18.9 Å². The van der Waals surface area contributed by atoms with Crippen molar-refractivity contribution in [1.29, 1.82) is 0 Å². The van der Waals surface area contributed by atoms with Crippen LogP contribution in [-0.2, 0) is 6.42 Å². The van der Waals surface area contributed by atoms with Crippen LogP contribution in [0.5, 0.6) is 11.5 Å². The van der Waals surface area contributed by atoms with Gasteiger partial charge in [-0.25, -0.2) is 4.39 Å². The normalized spacial score (nSPS) is 14.3. The van der Waals surface area contributed by atoms with Gasteiger partial charge in [-0.05, 0) is 48.2 Å². The Labute approximate surface area is 116 Å². The van der Waals surface area contributed by atoms with Gasteiger partial charge in [-0.15, -0.1) is 0 Å². The highest BCUT2D eigenvalue weighted by Gasteiger charge is 2.16. The van der Waals surface area contributed by atoms with Crippen molar-refractivity contribution in [3.8, 4) is 11.5 Å². The van der Waals surface area contributed by atoms with Gasteiger partial charge in [-0.3, -0.25) is 0 Å². The van der Waals surface area contributed by atoms with Gasteiger partial charge in [-0.2, -0.15) is 0 Å². The lowest BCUT2D eigenvalue weighted by Crippen LogP contribution is -2.00. The number of aryl methyl sites for hydroxylation is 1. The quantitative estimate of drug-likeness (QED) is 0.930. The summed E-state index contributed by atoms with van der Waals surface area (Å²) in [4.78, 5) is 0. The minimum absolute atomic E-state index is 0.227. The Morgan fingerprint density at radius 1 is 1.05 bits per heavy atom. The predicted octanol–water partition coefficient (Wildman–Crippen LogP) is 3.22.